The Hall–Kier alpha value is -1.62. The molecule has 3 fully saturated rings. The van der Waals surface area contributed by atoms with E-state index in [9.17, 15) is 9.59 Å². The van der Waals surface area contributed by atoms with Crippen LogP contribution in [-0.4, -0.2) is 29.8 Å². The zero-order valence-corrected chi connectivity index (χ0v) is 19.2. The van der Waals surface area contributed by atoms with E-state index in [4.69, 9.17) is 0 Å². The van der Waals surface area contributed by atoms with E-state index < -0.39 is 0 Å². The SMILES string of the molecule is CN1C(=O)C=C[C@@]2(C)C1CC[C@@H]1[C@H]2CC[C@]2(C)C(C(=O)NCc3cccs3)CC[C@@H]12. The summed E-state index contributed by atoms with van der Waals surface area (Å²) < 4.78 is 0. The van der Waals surface area contributed by atoms with Gasteiger partial charge in [-0.2, -0.15) is 0 Å². The number of amides is 2. The van der Waals surface area contributed by atoms with Crippen molar-refractivity contribution in [3.63, 3.8) is 0 Å². The topological polar surface area (TPSA) is 49.4 Å². The van der Waals surface area contributed by atoms with Gasteiger partial charge in [-0.3, -0.25) is 9.59 Å². The van der Waals surface area contributed by atoms with Crippen LogP contribution in [0.2, 0.25) is 0 Å². The third kappa shape index (κ3) is 2.91. The number of hydrogen-bond donors (Lipinski definition) is 1. The van der Waals surface area contributed by atoms with Gasteiger partial charge in [-0.05, 0) is 79.2 Å². The van der Waals surface area contributed by atoms with E-state index in [0.29, 0.717) is 30.3 Å². The quantitative estimate of drug-likeness (QED) is 0.767. The summed E-state index contributed by atoms with van der Waals surface area (Å²) in [6, 6.07) is 4.46. The van der Waals surface area contributed by atoms with E-state index in [1.54, 1.807) is 11.3 Å². The molecule has 4 nitrogen and oxygen atoms in total. The van der Waals surface area contributed by atoms with Crippen LogP contribution in [-0.2, 0) is 16.1 Å². The maximum absolute atomic E-state index is 13.2. The second kappa shape index (κ2) is 7.22. The average molecular weight is 427 g/mol. The number of nitrogens with one attached hydrogen (secondary N) is 1. The van der Waals surface area contributed by atoms with Crippen molar-refractivity contribution >= 4 is 23.2 Å². The molecule has 3 saturated carbocycles. The molecule has 0 bridgehead atoms. The second-order valence-electron chi connectivity index (χ2n) is 10.6. The first kappa shape index (κ1) is 20.3. The molecule has 7 atom stereocenters. The van der Waals surface area contributed by atoms with E-state index in [1.807, 2.05) is 24.1 Å². The number of carbonyl (C=O) groups excluding carboxylic acids is 2. The van der Waals surface area contributed by atoms with Gasteiger partial charge in [-0.25, -0.2) is 0 Å². The number of rotatable bonds is 3. The number of likely N-dealkylation sites (N-methyl/N-ethyl adjacent to an activating group) is 1. The van der Waals surface area contributed by atoms with Crippen molar-refractivity contribution in [3.8, 4) is 0 Å². The van der Waals surface area contributed by atoms with Gasteiger partial charge >= 0.3 is 0 Å². The van der Waals surface area contributed by atoms with Crippen molar-refractivity contribution in [2.45, 2.75) is 65.0 Å². The van der Waals surface area contributed by atoms with E-state index in [2.05, 4.69) is 36.7 Å². The van der Waals surface area contributed by atoms with Crippen molar-refractivity contribution in [2.24, 2.45) is 34.5 Å². The van der Waals surface area contributed by atoms with Gasteiger partial charge in [-0.1, -0.05) is 26.0 Å². The normalized spacial score (nSPS) is 42.4. The maximum atomic E-state index is 13.2. The summed E-state index contributed by atoms with van der Waals surface area (Å²) in [6.45, 7) is 5.44. The lowest BCUT2D eigenvalue weighted by atomic mass is 9.47. The fourth-order valence-corrected chi connectivity index (χ4v) is 8.52. The lowest BCUT2D eigenvalue weighted by Gasteiger charge is -2.60. The van der Waals surface area contributed by atoms with Crippen molar-refractivity contribution in [2.75, 3.05) is 7.05 Å². The molecule has 0 aromatic carbocycles. The van der Waals surface area contributed by atoms with Crippen LogP contribution in [0.4, 0.5) is 0 Å². The van der Waals surface area contributed by atoms with Gasteiger partial charge in [0.1, 0.15) is 0 Å². The fourth-order valence-electron chi connectivity index (χ4n) is 7.88. The summed E-state index contributed by atoms with van der Waals surface area (Å²) in [6.07, 6.45) is 10.8. The number of thiophene rings is 1. The molecular weight excluding hydrogens is 392 g/mol. The van der Waals surface area contributed by atoms with Crippen LogP contribution in [0.3, 0.4) is 0 Å². The monoisotopic (exact) mass is 426 g/mol. The first-order valence-corrected chi connectivity index (χ1v) is 12.5. The maximum Gasteiger partial charge on any atom is 0.246 e. The van der Waals surface area contributed by atoms with Crippen LogP contribution in [0.25, 0.3) is 0 Å². The smallest absolute Gasteiger partial charge is 0.246 e. The Kier molecular flexibility index (Phi) is 4.88. The van der Waals surface area contributed by atoms with Gasteiger partial charge in [0.25, 0.3) is 0 Å². The highest BCUT2D eigenvalue weighted by molar-refractivity contribution is 7.09. The largest absolute Gasteiger partial charge is 0.351 e. The highest BCUT2D eigenvalue weighted by Gasteiger charge is 2.61. The molecule has 3 aliphatic carbocycles. The fraction of sp³-hybridized carbons (Fsp3) is 0.680. The minimum absolute atomic E-state index is 0.0758. The molecule has 5 heteroatoms. The molecule has 1 aromatic rings. The molecule has 30 heavy (non-hydrogen) atoms. The van der Waals surface area contributed by atoms with Crippen LogP contribution in [0, 0.1) is 34.5 Å². The lowest BCUT2D eigenvalue weighted by Crippen LogP contribution is -2.59. The van der Waals surface area contributed by atoms with E-state index >= 15 is 0 Å². The summed E-state index contributed by atoms with van der Waals surface area (Å²) in [5, 5.41) is 5.30. The van der Waals surface area contributed by atoms with Gasteiger partial charge in [0, 0.05) is 29.3 Å². The van der Waals surface area contributed by atoms with Crippen molar-refractivity contribution < 1.29 is 9.59 Å². The van der Waals surface area contributed by atoms with Crippen molar-refractivity contribution in [3.05, 3.63) is 34.5 Å². The molecule has 2 unspecified atom stereocenters. The summed E-state index contributed by atoms with van der Waals surface area (Å²) in [4.78, 5) is 28.6. The van der Waals surface area contributed by atoms with E-state index in [-0.39, 0.29) is 28.6 Å². The van der Waals surface area contributed by atoms with Crippen LogP contribution in [0.1, 0.15) is 57.2 Å². The second-order valence-corrected chi connectivity index (χ2v) is 11.6. The van der Waals surface area contributed by atoms with Crippen LogP contribution >= 0.6 is 11.3 Å². The molecular formula is C25H34N2O2S. The Balaban J connectivity index is 1.34. The molecule has 2 amide bonds. The van der Waals surface area contributed by atoms with Crippen molar-refractivity contribution in [1.82, 2.24) is 10.2 Å². The van der Waals surface area contributed by atoms with Gasteiger partial charge in [0.2, 0.25) is 11.8 Å². The lowest BCUT2D eigenvalue weighted by molar-refractivity contribution is -0.142. The highest BCUT2D eigenvalue weighted by Crippen LogP contribution is 2.65. The van der Waals surface area contributed by atoms with Crippen LogP contribution < -0.4 is 5.32 Å². The first-order chi connectivity index (χ1) is 14.3. The van der Waals surface area contributed by atoms with Gasteiger partial charge in [0.05, 0.1) is 6.54 Å². The molecule has 0 radical (unpaired) electrons. The molecule has 5 rings (SSSR count). The predicted octanol–water partition coefficient (Wildman–Crippen LogP) is 4.62. The minimum Gasteiger partial charge on any atom is -0.351 e. The third-order valence-electron chi connectivity index (χ3n) is 9.46. The summed E-state index contributed by atoms with van der Waals surface area (Å²) >= 11 is 1.71. The Morgan fingerprint density at radius 2 is 2.03 bits per heavy atom. The average Bonchev–Trinajstić information content (AvgIpc) is 3.36. The Morgan fingerprint density at radius 3 is 2.80 bits per heavy atom. The molecule has 1 N–H and O–H groups in total. The molecule has 1 aliphatic heterocycles. The Labute approximate surface area is 184 Å². The van der Waals surface area contributed by atoms with Gasteiger partial charge in [-0.15, -0.1) is 11.3 Å². The molecule has 1 aromatic heterocycles. The van der Waals surface area contributed by atoms with E-state index in [0.717, 1.165) is 19.3 Å². The zero-order valence-electron chi connectivity index (χ0n) is 18.4. The molecule has 4 aliphatic rings. The molecule has 2 heterocycles. The van der Waals surface area contributed by atoms with Crippen LogP contribution in [0.5, 0.6) is 0 Å². The third-order valence-corrected chi connectivity index (χ3v) is 10.3. The predicted molar refractivity (Wildman–Crippen MR) is 120 cm³/mol. The first-order valence-electron chi connectivity index (χ1n) is 11.6. The summed E-state index contributed by atoms with van der Waals surface area (Å²) in [5.74, 6) is 2.47. The minimum atomic E-state index is 0.0758. The molecule has 162 valence electrons. The summed E-state index contributed by atoms with van der Waals surface area (Å²) in [7, 11) is 1.98. The van der Waals surface area contributed by atoms with Crippen LogP contribution in [0.15, 0.2) is 29.7 Å². The molecule has 0 saturated heterocycles. The summed E-state index contributed by atoms with van der Waals surface area (Å²) in [5.41, 5.74) is 0.191. The number of carbonyl (C=O) groups is 2. The number of fused-ring (bicyclic) bond motifs is 5. The Bertz CT molecular complexity index is 865. The molecule has 0 spiro atoms. The Morgan fingerprint density at radius 1 is 1.20 bits per heavy atom. The van der Waals surface area contributed by atoms with Gasteiger partial charge in [0.15, 0.2) is 0 Å². The number of nitrogens with zero attached hydrogens (tertiary/aromatic N) is 1. The number of hydrogen-bond acceptors (Lipinski definition) is 3. The van der Waals surface area contributed by atoms with Crippen molar-refractivity contribution in [1.29, 1.82) is 0 Å². The van der Waals surface area contributed by atoms with Gasteiger partial charge < -0.3 is 10.2 Å². The zero-order chi connectivity index (χ0) is 21.1. The van der Waals surface area contributed by atoms with E-state index in [1.165, 1.54) is 24.1 Å². The standard InChI is InChI=1S/C25H34N2O2S/c1-24-12-10-19-17(6-9-21-25(19,2)13-11-22(28)27(21)3)18(24)7-8-20(24)23(29)26-15-16-5-4-14-30-16/h4-5,11,13-14,17-21H,6-10,12,15H2,1-3H3,(H,26,29)/t17-,18-,19+,20?,21?,24-,25+/m0/s1. The highest BCUT2D eigenvalue weighted by atomic mass is 32.1.